The Balaban J connectivity index is 1.64. The van der Waals surface area contributed by atoms with Crippen molar-refractivity contribution in [3.8, 4) is 5.75 Å². The van der Waals surface area contributed by atoms with Crippen LogP contribution >= 0.6 is 31.9 Å². The molecule has 1 heterocycles. The van der Waals surface area contributed by atoms with Crippen molar-refractivity contribution >= 4 is 49.4 Å². The van der Waals surface area contributed by atoms with Crippen LogP contribution in [-0.4, -0.2) is 28.1 Å². The summed E-state index contributed by atoms with van der Waals surface area (Å²) in [6.45, 7) is 2.51. The fourth-order valence-corrected chi connectivity index (χ4v) is 6.33. The summed E-state index contributed by atoms with van der Waals surface area (Å²) in [5, 5.41) is 0. The van der Waals surface area contributed by atoms with Crippen molar-refractivity contribution in [1.82, 2.24) is 0 Å². The van der Waals surface area contributed by atoms with Crippen LogP contribution in [0.3, 0.4) is 0 Å². The minimum absolute atomic E-state index is 0.0412. The number of carbonyl (C=O) groups excluding carboxylic acids is 2. The summed E-state index contributed by atoms with van der Waals surface area (Å²) in [5.74, 6) is 0.823. The largest absolute Gasteiger partial charge is 0.494 e. The maximum absolute atomic E-state index is 12.9. The molecule has 2 aliphatic carbocycles. The molecule has 0 spiro atoms. The fourth-order valence-electron chi connectivity index (χ4n) is 4.46. The lowest BCUT2D eigenvalue weighted by atomic mass is 9.81. The fraction of sp³-hybridized carbons (Fsp3) is 0.529. The van der Waals surface area contributed by atoms with E-state index in [0.717, 1.165) is 12.2 Å². The first-order chi connectivity index (χ1) is 11.0. The Morgan fingerprint density at radius 3 is 2.04 bits per heavy atom. The number of anilines is 1. The number of ether oxygens (including phenoxy) is 1. The van der Waals surface area contributed by atoms with Crippen LogP contribution in [0.2, 0.25) is 0 Å². The van der Waals surface area contributed by atoms with Crippen molar-refractivity contribution in [3.05, 3.63) is 24.3 Å². The minimum atomic E-state index is -0.169. The Morgan fingerprint density at radius 2 is 1.57 bits per heavy atom. The Labute approximate surface area is 151 Å². The normalized spacial score (nSPS) is 38.3. The molecule has 0 unspecified atom stereocenters. The second kappa shape index (κ2) is 5.59. The number of imide groups is 1. The molecule has 3 aliphatic rings. The molecular formula is C17H17Br2NO3. The van der Waals surface area contributed by atoms with E-state index in [4.69, 9.17) is 4.74 Å². The number of nitrogens with zero attached hydrogens (tertiary/aromatic N) is 1. The second-order valence-electron chi connectivity index (χ2n) is 6.44. The molecule has 2 amide bonds. The molecule has 122 valence electrons. The highest BCUT2D eigenvalue weighted by atomic mass is 79.9. The van der Waals surface area contributed by atoms with Crippen molar-refractivity contribution in [1.29, 1.82) is 0 Å². The van der Waals surface area contributed by atoms with Gasteiger partial charge in [-0.2, -0.15) is 0 Å². The van der Waals surface area contributed by atoms with Gasteiger partial charge in [0.2, 0.25) is 11.8 Å². The van der Waals surface area contributed by atoms with Gasteiger partial charge in [0, 0.05) is 9.65 Å². The number of halogens is 2. The summed E-state index contributed by atoms with van der Waals surface area (Å²) < 4.78 is 5.42. The van der Waals surface area contributed by atoms with E-state index in [1.54, 1.807) is 12.1 Å². The molecule has 0 aromatic heterocycles. The zero-order valence-electron chi connectivity index (χ0n) is 12.6. The molecule has 2 saturated carbocycles. The number of carbonyl (C=O) groups is 2. The third-order valence-corrected chi connectivity index (χ3v) is 8.60. The lowest BCUT2D eigenvalue weighted by Gasteiger charge is -2.28. The molecule has 1 saturated heterocycles. The van der Waals surface area contributed by atoms with Crippen molar-refractivity contribution in [2.75, 3.05) is 11.5 Å². The maximum atomic E-state index is 12.9. The molecule has 6 atom stereocenters. The molecule has 4 nitrogen and oxygen atoms in total. The van der Waals surface area contributed by atoms with Gasteiger partial charge in [-0.1, -0.05) is 31.9 Å². The van der Waals surface area contributed by atoms with Crippen LogP contribution in [0.5, 0.6) is 5.75 Å². The van der Waals surface area contributed by atoms with Crippen LogP contribution in [-0.2, 0) is 9.59 Å². The SMILES string of the molecule is CCOc1ccc(N2C(=O)[C@H]3[C@@H]4C[C@H]([C@@H](Br)[C@H]4Br)[C@@H]3C2=O)cc1. The number of amides is 2. The predicted molar refractivity (Wildman–Crippen MR) is 94.1 cm³/mol. The number of benzene rings is 1. The molecule has 1 aromatic carbocycles. The van der Waals surface area contributed by atoms with Gasteiger partial charge >= 0.3 is 0 Å². The number of hydrogen-bond acceptors (Lipinski definition) is 3. The van der Waals surface area contributed by atoms with Crippen molar-refractivity contribution in [2.24, 2.45) is 23.7 Å². The highest BCUT2D eigenvalue weighted by Gasteiger charge is 2.66. The van der Waals surface area contributed by atoms with Crippen LogP contribution in [0.4, 0.5) is 5.69 Å². The Hall–Kier alpha value is -0.880. The van der Waals surface area contributed by atoms with Gasteiger partial charge in [-0.15, -0.1) is 0 Å². The third-order valence-electron chi connectivity index (χ3n) is 5.39. The molecule has 6 heteroatoms. The average molecular weight is 443 g/mol. The van der Waals surface area contributed by atoms with Crippen LogP contribution < -0.4 is 9.64 Å². The summed E-state index contributed by atoms with van der Waals surface area (Å²) in [5.41, 5.74) is 0.648. The average Bonchev–Trinajstić information content (AvgIpc) is 3.14. The van der Waals surface area contributed by atoms with E-state index in [9.17, 15) is 9.59 Å². The maximum Gasteiger partial charge on any atom is 0.238 e. The molecule has 0 N–H and O–H groups in total. The lowest BCUT2D eigenvalue weighted by Crippen LogP contribution is -2.37. The Kier molecular flexibility index (Phi) is 3.80. The van der Waals surface area contributed by atoms with Crippen molar-refractivity contribution < 1.29 is 14.3 Å². The molecule has 1 aromatic rings. The van der Waals surface area contributed by atoms with Gasteiger partial charge in [0.25, 0.3) is 0 Å². The number of rotatable bonds is 3. The van der Waals surface area contributed by atoms with Gasteiger partial charge in [0.15, 0.2) is 0 Å². The topological polar surface area (TPSA) is 46.6 Å². The summed E-state index contributed by atoms with van der Waals surface area (Å²) in [6, 6.07) is 7.20. The first-order valence-electron chi connectivity index (χ1n) is 7.93. The molecule has 1 aliphatic heterocycles. The number of fused-ring (bicyclic) bond motifs is 5. The van der Waals surface area contributed by atoms with E-state index >= 15 is 0 Å². The predicted octanol–water partition coefficient (Wildman–Crippen LogP) is 3.37. The van der Waals surface area contributed by atoms with E-state index in [1.165, 1.54) is 4.90 Å². The lowest BCUT2D eigenvalue weighted by molar-refractivity contribution is -0.123. The minimum Gasteiger partial charge on any atom is -0.494 e. The molecule has 23 heavy (non-hydrogen) atoms. The quantitative estimate of drug-likeness (QED) is 0.532. The van der Waals surface area contributed by atoms with E-state index < -0.39 is 0 Å². The van der Waals surface area contributed by atoms with Crippen molar-refractivity contribution in [2.45, 2.75) is 23.0 Å². The monoisotopic (exact) mass is 441 g/mol. The summed E-state index contributed by atoms with van der Waals surface area (Å²) in [7, 11) is 0. The molecule has 3 fully saturated rings. The van der Waals surface area contributed by atoms with Gasteiger partial charge in [0.1, 0.15) is 5.75 Å². The van der Waals surface area contributed by atoms with E-state index in [2.05, 4.69) is 31.9 Å². The van der Waals surface area contributed by atoms with Gasteiger partial charge in [-0.25, -0.2) is 0 Å². The van der Waals surface area contributed by atoms with Gasteiger partial charge in [-0.3, -0.25) is 14.5 Å². The first-order valence-corrected chi connectivity index (χ1v) is 9.76. The first kappa shape index (κ1) is 15.6. The zero-order chi connectivity index (χ0) is 16.3. The molecular weight excluding hydrogens is 426 g/mol. The smallest absolute Gasteiger partial charge is 0.238 e. The van der Waals surface area contributed by atoms with Crippen LogP contribution in [0, 0.1) is 23.7 Å². The van der Waals surface area contributed by atoms with Crippen molar-refractivity contribution in [3.63, 3.8) is 0 Å². The van der Waals surface area contributed by atoms with E-state index in [1.807, 2.05) is 19.1 Å². The van der Waals surface area contributed by atoms with E-state index in [0.29, 0.717) is 12.3 Å². The van der Waals surface area contributed by atoms with E-state index in [-0.39, 0.29) is 45.1 Å². The summed E-state index contributed by atoms with van der Waals surface area (Å²) in [6.07, 6.45) is 0.954. The van der Waals surface area contributed by atoms with Gasteiger partial charge < -0.3 is 4.74 Å². The molecule has 0 radical (unpaired) electrons. The summed E-state index contributed by atoms with van der Waals surface area (Å²) >= 11 is 7.40. The van der Waals surface area contributed by atoms with Crippen LogP contribution in [0.15, 0.2) is 24.3 Å². The second-order valence-corrected chi connectivity index (χ2v) is 8.56. The Morgan fingerprint density at radius 1 is 1.04 bits per heavy atom. The highest BCUT2D eigenvalue weighted by Crippen LogP contribution is 2.60. The van der Waals surface area contributed by atoms with Gasteiger partial charge in [-0.05, 0) is 49.4 Å². The number of alkyl halides is 2. The standard InChI is InChI=1S/C17H17Br2NO3/c1-2-23-9-5-3-8(4-6-9)20-16(21)12-10-7-11(13(12)17(20)22)15(19)14(10)18/h3-6,10-15H,2,7H2,1H3/t10-,11-,12-,13-,14-,15+/m0/s1. The molecule has 2 bridgehead atoms. The number of hydrogen-bond donors (Lipinski definition) is 0. The van der Waals surface area contributed by atoms with Crippen LogP contribution in [0.1, 0.15) is 13.3 Å². The highest BCUT2D eigenvalue weighted by molar-refractivity contribution is 9.12. The van der Waals surface area contributed by atoms with Crippen LogP contribution in [0.25, 0.3) is 0 Å². The third kappa shape index (κ3) is 2.14. The zero-order valence-corrected chi connectivity index (χ0v) is 15.8. The Bertz CT molecular complexity index is 630. The molecule has 4 rings (SSSR count). The van der Waals surface area contributed by atoms with Gasteiger partial charge in [0.05, 0.1) is 24.1 Å². The summed E-state index contributed by atoms with van der Waals surface area (Å²) in [4.78, 5) is 27.7.